The number of carbonyl (C=O) groups is 2. The molecule has 0 aromatic heterocycles. The number of aliphatic carboxylic acids is 1. The number of ketones is 1. The number of Topliss-reactive ketones (excluding diaryl/α,β-unsaturated/α-hetero) is 1. The number of fused-ring (bicyclic) bond motifs is 5. The van der Waals surface area contributed by atoms with Gasteiger partial charge in [0.1, 0.15) is 0 Å². The van der Waals surface area contributed by atoms with Gasteiger partial charge in [0.25, 0.3) is 0 Å². The second-order valence-corrected chi connectivity index (χ2v) is 10.2. The van der Waals surface area contributed by atoms with Crippen molar-refractivity contribution in [2.45, 2.75) is 71.4 Å². The molecule has 0 bridgehead atoms. The van der Waals surface area contributed by atoms with Crippen LogP contribution in [-0.4, -0.2) is 23.0 Å². The number of rotatable bonds is 1. The molecule has 28 heavy (non-hydrogen) atoms. The van der Waals surface area contributed by atoms with Crippen molar-refractivity contribution in [3.8, 4) is 0 Å². The lowest BCUT2D eigenvalue weighted by Crippen LogP contribution is -2.54. The molecule has 0 radical (unpaired) electrons. The summed E-state index contributed by atoms with van der Waals surface area (Å²) in [6.07, 6.45) is 1.33. The largest absolute Gasteiger partial charge is 0.481 e. The van der Waals surface area contributed by atoms with E-state index in [0.717, 1.165) is 32.1 Å². The first-order valence-corrected chi connectivity index (χ1v) is 10.5. The van der Waals surface area contributed by atoms with E-state index >= 15 is 0 Å². The van der Waals surface area contributed by atoms with Gasteiger partial charge in [0.05, 0.1) is 5.92 Å². The van der Waals surface area contributed by atoms with Gasteiger partial charge in [0.15, 0.2) is 5.78 Å². The number of hydrogen-bond acceptors (Lipinski definition) is 2. The van der Waals surface area contributed by atoms with Crippen molar-refractivity contribution in [1.29, 1.82) is 0 Å². The van der Waals surface area contributed by atoms with Gasteiger partial charge in [-0.15, -0.1) is 0 Å². The SMILES string of the molecule is C[C@]12C/C(=C\C(F)(F)F)C(=O)C[C@H]1CC[C@@H]1[C@@H]2CC[C@]2(C)[C@@H](C(=O)O)CC[C@@H]12. The van der Waals surface area contributed by atoms with Crippen molar-refractivity contribution in [2.75, 3.05) is 0 Å². The molecule has 4 aliphatic carbocycles. The Bertz CT molecular complexity index is 727. The number of carboxylic acid groups (broad SMARTS) is 1. The predicted molar refractivity (Wildman–Crippen MR) is 97.4 cm³/mol. The number of hydrogen-bond donors (Lipinski definition) is 1. The zero-order chi connectivity index (χ0) is 20.5. The second-order valence-electron chi connectivity index (χ2n) is 10.2. The van der Waals surface area contributed by atoms with Gasteiger partial charge in [-0.05, 0) is 79.4 Å². The number of alkyl halides is 3. The fraction of sp³-hybridized carbons (Fsp3) is 0.818. The normalized spacial score (nSPS) is 47.4. The van der Waals surface area contributed by atoms with Crippen LogP contribution < -0.4 is 0 Å². The summed E-state index contributed by atoms with van der Waals surface area (Å²) in [7, 11) is 0. The summed E-state index contributed by atoms with van der Waals surface area (Å²) in [5, 5.41) is 9.67. The van der Waals surface area contributed by atoms with E-state index in [9.17, 15) is 27.9 Å². The molecule has 3 nitrogen and oxygen atoms in total. The predicted octanol–water partition coefficient (Wildman–Crippen LogP) is 5.40. The smallest absolute Gasteiger partial charge is 0.410 e. The van der Waals surface area contributed by atoms with E-state index < -0.39 is 12.1 Å². The van der Waals surface area contributed by atoms with Crippen molar-refractivity contribution in [1.82, 2.24) is 0 Å². The first-order valence-electron chi connectivity index (χ1n) is 10.5. The minimum atomic E-state index is -4.46. The third-order valence-electron chi connectivity index (χ3n) is 9.06. The molecule has 0 aromatic carbocycles. The molecule has 4 saturated carbocycles. The Kier molecular flexibility index (Phi) is 4.51. The molecule has 0 aliphatic heterocycles. The summed E-state index contributed by atoms with van der Waals surface area (Å²) in [5.74, 6) is -0.234. The van der Waals surface area contributed by atoms with Gasteiger partial charge in [-0.2, -0.15) is 13.2 Å². The molecule has 1 N–H and O–H groups in total. The highest BCUT2D eigenvalue weighted by atomic mass is 19.4. The Labute approximate surface area is 163 Å². The Morgan fingerprint density at radius 1 is 1.07 bits per heavy atom. The molecule has 4 rings (SSSR count). The fourth-order valence-electron chi connectivity index (χ4n) is 7.74. The molecule has 4 fully saturated rings. The van der Waals surface area contributed by atoms with Gasteiger partial charge in [0, 0.05) is 18.1 Å². The van der Waals surface area contributed by atoms with Crippen molar-refractivity contribution < 1.29 is 27.9 Å². The van der Waals surface area contributed by atoms with Crippen LogP contribution >= 0.6 is 0 Å². The van der Waals surface area contributed by atoms with Gasteiger partial charge >= 0.3 is 12.1 Å². The van der Waals surface area contributed by atoms with Crippen molar-refractivity contribution in [2.24, 2.45) is 40.4 Å². The van der Waals surface area contributed by atoms with Crippen LogP contribution in [0.15, 0.2) is 11.6 Å². The van der Waals surface area contributed by atoms with E-state index in [-0.39, 0.29) is 58.9 Å². The Morgan fingerprint density at radius 2 is 1.75 bits per heavy atom. The zero-order valence-corrected chi connectivity index (χ0v) is 16.5. The molecule has 4 aliphatic rings. The molecular formula is C22H29F3O3. The molecule has 0 amide bonds. The Balaban J connectivity index is 1.64. The third kappa shape index (κ3) is 2.93. The molecule has 6 heteroatoms. The van der Waals surface area contributed by atoms with Crippen LogP contribution in [0.2, 0.25) is 0 Å². The number of halogens is 3. The maximum Gasteiger partial charge on any atom is 0.410 e. The summed E-state index contributed by atoms with van der Waals surface area (Å²) in [6, 6.07) is 0. The zero-order valence-electron chi connectivity index (χ0n) is 16.5. The number of carboxylic acids is 1. The summed E-state index contributed by atoms with van der Waals surface area (Å²) in [6.45, 7) is 4.21. The van der Waals surface area contributed by atoms with Crippen LogP contribution in [0.25, 0.3) is 0 Å². The quantitative estimate of drug-likeness (QED) is 0.602. The molecule has 0 spiro atoms. The number of allylic oxidation sites excluding steroid dienone is 2. The number of carbonyl (C=O) groups excluding carboxylic acids is 1. The van der Waals surface area contributed by atoms with Gasteiger partial charge in [-0.1, -0.05) is 13.8 Å². The molecule has 0 unspecified atom stereocenters. The van der Waals surface area contributed by atoms with E-state index in [1.165, 1.54) is 0 Å². The summed E-state index contributed by atoms with van der Waals surface area (Å²) < 4.78 is 38.9. The molecule has 0 aromatic rings. The van der Waals surface area contributed by atoms with Crippen molar-refractivity contribution >= 4 is 11.8 Å². The van der Waals surface area contributed by atoms with Crippen LogP contribution in [0.3, 0.4) is 0 Å². The Morgan fingerprint density at radius 3 is 2.39 bits per heavy atom. The van der Waals surface area contributed by atoms with Gasteiger partial charge in [-0.25, -0.2) is 0 Å². The average Bonchev–Trinajstić information content (AvgIpc) is 2.92. The van der Waals surface area contributed by atoms with Gasteiger partial charge in [0.2, 0.25) is 0 Å². The fourth-order valence-corrected chi connectivity index (χ4v) is 7.74. The summed E-state index contributed by atoms with van der Waals surface area (Å²) in [5.41, 5.74) is -0.558. The molecular weight excluding hydrogens is 369 g/mol. The Hall–Kier alpha value is -1.33. The van der Waals surface area contributed by atoms with Gasteiger partial charge in [-0.3, -0.25) is 9.59 Å². The minimum Gasteiger partial charge on any atom is -0.481 e. The lowest BCUT2D eigenvalue weighted by Gasteiger charge is -2.60. The third-order valence-corrected chi connectivity index (χ3v) is 9.06. The van der Waals surface area contributed by atoms with E-state index in [4.69, 9.17) is 0 Å². The molecule has 0 saturated heterocycles. The van der Waals surface area contributed by atoms with E-state index in [2.05, 4.69) is 13.8 Å². The molecule has 7 atom stereocenters. The van der Waals surface area contributed by atoms with E-state index in [1.54, 1.807) is 0 Å². The lowest BCUT2D eigenvalue weighted by atomic mass is 9.44. The van der Waals surface area contributed by atoms with E-state index in [1.807, 2.05) is 0 Å². The highest BCUT2D eigenvalue weighted by molar-refractivity contribution is 5.96. The average molecular weight is 398 g/mol. The van der Waals surface area contributed by atoms with Crippen molar-refractivity contribution in [3.63, 3.8) is 0 Å². The maximum atomic E-state index is 13.0. The summed E-state index contributed by atoms with van der Waals surface area (Å²) >= 11 is 0. The lowest BCUT2D eigenvalue weighted by molar-refractivity contribution is -0.152. The van der Waals surface area contributed by atoms with Gasteiger partial charge < -0.3 is 5.11 Å². The maximum absolute atomic E-state index is 13.0. The highest BCUT2D eigenvalue weighted by Crippen LogP contribution is 2.67. The van der Waals surface area contributed by atoms with Crippen LogP contribution in [-0.2, 0) is 9.59 Å². The van der Waals surface area contributed by atoms with Crippen LogP contribution in [0, 0.1) is 40.4 Å². The first-order chi connectivity index (χ1) is 13.0. The standard InChI is InChI=1S/C22H29F3O3/c1-20-8-7-16-14(15(20)5-6-17(20)19(27)28)4-3-13-9-18(26)12(10-21(13,16)2)11-22(23,24)25/h11,13-17H,3-10H2,1-2H3,(H,27,28)/b12-11+/t13-,14+,15+,16+,17-,20+,21+/m1/s1. The van der Waals surface area contributed by atoms with Crippen LogP contribution in [0.5, 0.6) is 0 Å². The van der Waals surface area contributed by atoms with Crippen molar-refractivity contribution in [3.05, 3.63) is 11.6 Å². The van der Waals surface area contributed by atoms with Crippen LogP contribution in [0.4, 0.5) is 13.2 Å². The minimum absolute atomic E-state index is 0.0601. The monoisotopic (exact) mass is 398 g/mol. The second kappa shape index (κ2) is 6.33. The van der Waals surface area contributed by atoms with Crippen LogP contribution in [0.1, 0.15) is 65.2 Å². The van der Waals surface area contributed by atoms with E-state index in [0.29, 0.717) is 18.3 Å². The molecule has 0 heterocycles. The summed E-state index contributed by atoms with van der Waals surface area (Å²) in [4.78, 5) is 24.1. The topological polar surface area (TPSA) is 54.4 Å². The first kappa shape index (κ1) is 20.0. The highest BCUT2D eigenvalue weighted by Gasteiger charge is 2.61. The molecule has 156 valence electrons.